The number of imide groups is 1. The zero-order valence-electron chi connectivity index (χ0n) is 21.7. The minimum atomic E-state index is -0.840. The van der Waals surface area contributed by atoms with Gasteiger partial charge in [-0.2, -0.15) is 0 Å². The molecule has 2 aliphatic heterocycles. The molecule has 2 aromatic carbocycles. The second-order valence-electron chi connectivity index (χ2n) is 9.76. The summed E-state index contributed by atoms with van der Waals surface area (Å²) in [6, 6.07) is 16.4. The van der Waals surface area contributed by atoms with Gasteiger partial charge in [0.15, 0.2) is 0 Å². The van der Waals surface area contributed by atoms with Crippen molar-refractivity contribution in [3.8, 4) is 11.6 Å². The average Bonchev–Trinajstić information content (AvgIpc) is 3.11. The lowest BCUT2D eigenvalue weighted by Crippen LogP contribution is -2.42. The first-order valence-corrected chi connectivity index (χ1v) is 13.3. The number of alkyl carbamates (subject to hydrolysis) is 1. The van der Waals surface area contributed by atoms with Crippen LogP contribution in [0.15, 0.2) is 66.9 Å². The molecule has 2 amide bonds. The zero-order chi connectivity index (χ0) is 27.4. The van der Waals surface area contributed by atoms with Crippen LogP contribution >= 0.6 is 11.6 Å². The third kappa shape index (κ3) is 5.98. The number of hydrogen-bond acceptors (Lipinski definition) is 7. The van der Waals surface area contributed by atoms with Gasteiger partial charge in [0.2, 0.25) is 5.88 Å². The van der Waals surface area contributed by atoms with Crippen LogP contribution in [0, 0.1) is 0 Å². The number of halogens is 1. The molecule has 0 radical (unpaired) electrons. The molecule has 0 aliphatic carbocycles. The van der Waals surface area contributed by atoms with Gasteiger partial charge in [0.05, 0.1) is 12.7 Å². The lowest BCUT2D eigenvalue weighted by atomic mass is 9.84. The second kappa shape index (κ2) is 11.6. The Balaban J connectivity index is 1.31. The monoisotopic (exact) mass is 547 g/mol. The van der Waals surface area contributed by atoms with Crippen LogP contribution < -0.4 is 10.1 Å². The quantitative estimate of drug-likeness (QED) is 0.445. The number of fused-ring (bicyclic) bond motifs is 2. The highest BCUT2D eigenvalue weighted by Crippen LogP contribution is 2.39. The highest BCUT2D eigenvalue weighted by molar-refractivity contribution is 6.30. The van der Waals surface area contributed by atoms with Crippen molar-refractivity contribution in [2.24, 2.45) is 0 Å². The summed E-state index contributed by atoms with van der Waals surface area (Å²) in [5, 5.41) is 14.1. The predicted molar refractivity (Wildman–Crippen MR) is 148 cm³/mol. The van der Waals surface area contributed by atoms with Crippen molar-refractivity contribution in [1.29, 1.82) is 0 Å². The fraction of sp³-hybridized carbons (Fsp3) is 0.300. The highest BCUT2D eigenvalue weighted by atomic mass is 35.5. The molecule has 1 fully saturated rings. The summed E-state index contributed by atoms with van der Waals surface area (Å²) < 4.78 is 10.7. The number of nitrogens with one attached hydrogen (secondary N) is 1. The van der Waals surface area contributed by atoms with Crippen molar-refractivity contribution < 1.29 is 24.2 Å². The molecule has 8 nitrogen and oxygen atoms in total. The molecule has 0 saturated carbocycles. The molecule has 2 aliphatic rings. The van der Waals surface area contributed by atoms with Gasteiger partial charge in [-0.1, -0.05) is 35.9 Å². The molecular weight excluding hydrogens is 518 g/mol. The van der Waals surface area contributed by atoms with E-state index in [0.717, 1.165) is 42.8 Å². The van der Waals surface area contributed by atoms with Gasteiger partial charge in [-0.3, -0.25) is 10.1 Å². The number of hydrogen-bond donors (Lipinski definition) is 2. The number of nitrogens with zero attached hydrogens (tertiary/aromatic N) is 2. The summed E-state index contributed by atoms with van der Waals surface area (Å²) in [5.74, 6) is 0.439. The van der Waals surface area contributed by atoms with Gasteiger partial charge in [0.25, 0.3) is 5.91 Å². The third-order valence-corrected chi connectivity index (χ3v) is 7.62. The maximum absolute atomic E-state index is 12.8. The van der Waals surface area contributed by atoms with Crippen LogP contribution in [0.5, 0.6) is 11.6 Å². The van der Waals surface area contributed by atoms with E-state index in [0.29, 0.717) is 47.0 Å². The van der Waals surface area contributed by atoms with Gasteiger partial charge in [0, 0.05) is 54.0 Å². The molecule has 3 heterocycles. The molecule has 0 bridgehead atoms. The van der Waals surface area contributed by atoms with Crippen molar-refractivity contribution in [2.45, 2.75) is 31.3 Å². The van der Waals surface area contributed by atoms with Crippen LogP contribution in [-0.2, 0) is 16.8 Å². The summed E-state index contributed by atoms with van der Waals surface area (Å²) in [4.78, 5) is 31.3. The van der Waals surface area contributed by atoms with Gasteiger partial charge < -0.3 is 19.5 Å². The summed E-state index contributed by atoms with van der Waals surface area (Å²) in [6.07, 6.45) is 5.52. The topological polar surface area (TPSA) is 101 Å². The Morgan fingerprint density at radius 2 is 1.92 bits per heavy atom. The van der Waals surface area contributed by atoms with Crippen molar-refractivity contribution in [2.75, 3.05) is 26.7 Å². The minimum Gasteiger partial charge on any atom is -0.453 e. The van der Waals surface area contributed by atoms with Gasteiger partial charge in [0.1, 0.15) is 5.75 Å². The number of aromatic nitrogens is 1. The van der Waals surface area contributed by atoms with Crippen LogP contribution in [0.4, 0.5) is 4.79 Å². The largest absolute Gasteiger partial charge is 0.453 e. The zero-order valence-corrected chi connectivity index (χ0v) is 22.4. The molecule has 202 valence electrons. The Morgan fingerprint density at radius 3 is 2.67 bits per heavy atom. The number of amides is 2. The summed E-state index contributed by atoms with van der Waals surface area (Å²) in [5.41, 5.74) is 2.94. The smallest absolute Gasteiger partial charge is 0.413 e. The average molecular weight is 548 g/mol. The van der Waals surface area contributed by atoms with Crippen LogP contribution in [0.1, 0.15) is 46.3 Å². The Kier molecular flexibility index (Phi) is 7.97. The van der Waals surface area contributed by atoms with E-state index < -0.39 is 17.6 Å². The molecule has 39 heavy (non-hydrogen) atoms. The summed E-state index contributed by atoms with van der Waals surface area (Å²) in [6.45, 7) is 2.39. The van der Waals surface area contributed by atoms with E-state index in [1.54, 1.807) is 24.4 Å². The van der Waals surface area contributed by atoms with Crippen LogP contribution in [0.3, 0.4) is 0 Å². The van der Waals surface area contributed by atoms with E-state index >= 15 is 0 Å². The standard InChI is InChI=1S/C30H30ClN3O5/c1-38-29(36)33-27(35)24-6-2-8-26-25(24)19-20(23-7-3-15-32-28(23)39-26)5-4-16-34-17-13-30(37,14-18-34)21-9-11-22(31)12-10-21/h2-3,5-12,15,37H,4,13-14,16-19H2,1H3,(H,33,35,36). The summed E-state index contributed by atoms with van der Waals surface area (Å²) >= 11 is 6.01. The number of pyridine rings is 1. The molecule has 0 unspecified atom stereocenters. The molecule has 9 heteroatoms. The first-order chi connectivity index (χ1) is 18.9. The van der Waals surface area contributed by atoms with Crippen molar-refractivity contribution in [3.63, 3.8) is 0 Å². The molecule has 1 saturated heterocycles. The molecule has 5 rings (SSSR count). The fourth-order valence-electron chi connectivity index (χ4n) is 5.17. The molecular formula is C30H30ClN3O5. The Bertz CT molecular complexity index is 1400. The van der Waals surface area contributed by atoms with Gasteiger partial charge >= 0.3 is 6.09 Å². The maximum Gasteiger partial charge on any atom is 0.413 e. The Labute approximate surface area is 232 Å². The van der Waals surface area contributed by atoms with Crippen molar-refractivity contribution >= 4 is 29.2 Å². The van der Waals surface area contributed by atoms with E-state index in [-0.39, 0.29) is 0 Å². The van der Waals surface area contributed by atoms with Crippen LogP contribution in [-0.4, -0.2) is 53.7 Å². The third-order valence-electron chi connectivity index (χ3n) is 7.37. The number of benzene rings is 2. The lowest BCUT2D eigenvalue weighted by Gasteiger charge is -2.38. The predicted octanol–water partition coefficient (Wildman–Crippen LogP) is 5.34. The van der Waals surface area contributed by atoms with Crippen LogP contribution in [0.25, 0.3) is 5.57 Å². The van der Waals surface area contributed by atoms with Gasteiger partial charge in [-0.25, -0.2) is 9.78 Å². The van der Waals surface area contributed by atoms with E-state index in [1.165, 1.54) is 7.11 Å². The van der Waals surface area contributed by atoms with Gasteiger partial charge in [-0.05, 0) is 66.8 Å². The first kappa shape index (κ1) is 26.9. The van der Waals surface area contributed by atoms with Crippen molar-refractivity contribution in [1.82, 2.24) is 15.2 Å². The van der Waals surface area contributed by atoms with E-state index in [2.05, 4.69) is 26.0 Å². The number of ether oxygens (including phenoxy) is 2. The molecule has 0 atom stereocenters. The Morgan fingerprint density at radius 1 is 1.15 bits per heavy atom. The minimum absolute atomic E-state index is 0.342. The number of allylic oxidation sites excluding steroid dienone is 1. The number of methoxy groups -OCH3 is 1. The SMILES string of the molecule is COC(=O)NC(=O)c1cccc2c1CC(=CCCN1CCC(O)(c3ccc(Cl)cc3)CC1)c1cccnc1O2. The summed E-state index contributed by atoms with van der Waals surface area (Å²) in [7, 11) is 1.21. The number of carbonyl (C=O) groups is 2. The first-order valence-electron chi connectivity index (χ1n) is 12.9. The van der Waals surface area contributed by atoms with Crippen molar-refractivity contribution in [3.05, 3.63) is 94.1 Å². The fourth-order valence-corrected chi connectivity index (χ4v) is 5.30. The maximum atomic E-state index is 12.8. The lowest BCUT2D eigenvalue weighted by molar-refractivity contribution is -0.0254. The molecule has 1 aromatic heterocycles. The number of rotatable bonds is 5. The molecule has 0 spiro atoms. The normalized spacial score (nSPS) is 17.4. The van der Waals surface area contributed by atoms with E-state index in [4.69, 9.17) is 16.3 Å². The number of piperidine rings is 1. The second-order valence-corrected chi connectivity index (χ2v) is 10.2. The molecule has 3 aromatic rings. The number of carbonyl (C=O) groups excluding carboxylic acids is 2. The number of likely N-dealkylation sites (tertiary alicyclic amines) is 1. The van der Waals surface area contributed by atoms with Gasteiger partial charge in [-0.15, -0.1) is 0 Å². The number of aliphatic hydroxyl groups is 1. The Hall–Kier alpha value is -3.72. The van der Waals surface area contributed by atoms with Crippen LogP contribution in [0.2, 0.25) is 5.02 Å². The van der Waals surface area contributed by atoms with E-state index in [9.17, 15) is 14.7 Å². The highest BCUT2D eigenvalue weighted by Gasteiger charge is 2.33. The molecule has 2 N–H and O–H groups in total. The van der Waals surface area contributed by atoms with E-state index in [1.807, 2.05) is 36.4 Å².